The third-order valence-electron chi connectivity index (χ3n) is 1.97. The molecule has 0 spiro atoms. The van der Waals surface area contributed by atoms with Crippen LogP contribution in [0, 0.1) is 5.82 Å². The lowest BCUT2D eigenvalue weighted by atomic mass is 10.2. The van der Waals surface area contributed by atoms with Gasteiger partial charge in [0.1, 0.15) is 5.82 Å². The summed E-state index contributed by atoms with van der Waals surface area (Å²) in [6.07, 6.45) is 0.297. The molecular weight excluding hydrogens is 197 g/mol. The van der Waals surface area contributed by atoms with Crippen molar-refractivity contribution in [1.82, 2.24) is 5.32 Å². The van der Waals surface area contributed by atoms with E-state index in [0.29, 0.717) is 18.6 Å². The number of nitrogens with one attached hydrogen (secondary N) is 1. The number of hydrogen-bond donors (Lipinski definition) is 1. The molecule has 0 atom stereocenters. The van der Waals surface area contributed by atoms with Gasteiger partial charge in [-0.15, -0.1) is 0 Å². The van der Waals surface area contributed by atoms with Crippen molar-refractivity contribution in [2.45, 2.75) is 13.0 Å². The number of hydrogen-bond acceptors (Lipinski definition) is 2. The van der Waals surface area contributed by atoms with Crippen molar-refractivity contribution < 1.29 is 15.3 Å². The Kier molecular flexibility index (Phi) is 4.77. The van der Waals surface area contributed by atoms with E-state index in [1.54, 1.807) is 18.2 Å². The van der Waals surface area contributed by atoms with Crippen molar-refractivity contribution in [1.29, 1.82) is 0 Å². The third-order valence-corrected chi connectivity index (χ3v) is 1.97. The van der Waals surface area contributed by atoms with Gasteiger partial charge in [-0.25, -0.2) is 4.39 Å². The first-order chi connectivity index (χ1) is 7.24. The summed E-state index contributed by atoms with van der Waals surface area (Å²) in [6, 6.07) is 6.37. The molecule has 1 N–H and O–H groups in total. The fourth-order valence-electron chi connectivity index (χ4n) is 1.12. The summed E-state index contributed by atoms with van der Waals surface area (Å²) < 4.78 is 17.9. The van der Waals surface area contributed by atoms with E-state index in [2.05, 4.69) is 5.32 Å². The van der Waals surface area contributed by atoms with Crippen LogP contribution in [-0.2, 0) is 16.1 Å². The van der Waals surface area contributed by atoms with Gasteiger partial charge in [0.15, 0.2) is 0 Å². The fourth-order valence-corrected chi connectivity index (χ4v) is 1.12. The average Bonchev–Trinajstić information content (AvgIpc) is 2.25. The van der Waals surface area contributed by atoms with Crippen molar-refractivity contribution in [3.8, 4) is 0 Å². The third kappa shape index (κ3) is 4.08. The topological polar surface area (TPSA) is 38.3 Å². The average molecular weight is 213 g/mol. The zero-order valence-electron chi connectivity index (χ0n) is 8.63. The maximum Gasteiger partial charge on any atom is 0.222 e. The van der Waals surface area contributed by atoms with E-state index in [9.17, 15) is 9.18 Å². The molecule has 0 bridgehead atoms. The number of methoxy groups -OCH3 is 1. The Hall–Kier alpha value is -1.42. The van der Waals surface area contributed by atoms with Gasteiger partial charge in [0.2, 0.25) is 5.91 Å². The molecule has 0 saturated heterocycles. The number of rotatable bonds is 5. The van der Waals surface area contributed by atoms with Crippen molar-refractivity contribution in [3.63, 3.8) is 0 Å². The van der Waals surface area contributed by atoms with Gasteiger partial charge in [-0.3, -0.25) is 4.79 Å². The van der Waals surface area contributed by atoms with E-state index < -0.39 is 0 Å². The summed E-state index contributed by atoms with van der Waals surface area (Å²) in [5.41, 5.74) is 0.489. The van der Waals surface area contributed by atoms with E-state index in [1.807, 2.05) is 0 Å². The molecule has 0 saturated carbocycles. The Morgan fingerprint density at radius 1 is 1.53 bits per heavy atom. The first-order valence-electron chi connectivity index (χ1n) is 4.73. The second-order valence-electron chi connectivity index (χ2n) is 3.11. The van der Waals surface area contributed by atoms with Crippen LogP contribution in [0.2, 0.25) is 0 Å². The van der Waals surface area contributed by atoms with E-state index in [4.69, 9.17) is 4.74 Å². The van der Waals surface area contributed by atoms with Crippen LogP contribution in [0.1, 0.15) is 13.4 Å². The molecule has 0 aliphatic carbocycles. The van der Waals surface area contributed by atoms with E-state index in [1.165, 1.54) is 13.2 Å². The van der Waals surface area contributed by atoms with Crippen molar-refractivity contribution in [2.75, 3.05) is 13.7 Å². The lowest BCUT2D eigenvalue weighted by molar-refractivity contribution is -0.122. The molecule has 15 heavy (non-hydrogen) atoms. The van der Waals surface area contributed by atoms with Crippen LogP contribution in [0.25, 0.3) is 0 Å². The minimum Gasteiger partial charge on any atom is -0.384 e. The quantitative estimate of drug-likeness (QED) is 0.808. The highest BCUT2D eigenvalue weighted by Crippen LogP contribution is 2.05. The molecular formula is C11H16FNO2. The van der Waals surface area contributed by atoms with Crippen LogP contribution in [0.4, 0.5) is 4.39 Å². The molecule has 3 nitrogen and oxygen atoms in total. The predicted octanol–water partition coefficient (Wildman–Crippen LogP) is 1.72. The summed E-state index contributed by atoms with van der Waals surface area (Å²) in [5.74, 6) is -0.440. The van der Waals surface area contributed by atoms with Crippen molar-refractivity contribution >= 4 is 5.91 Å². The highest BCUT2D eigenvalue weighted by molar-refractivity contribution is 5.75. The van der Waals surface area contributed by atoms with E-state index in [-0.39, 0.29) is 19.7 Å². The van der Waals surface area contributed by atoms with Crippen LogP contribution < -0.4 is 5.32 Å². The molecule has 0 aliphatic rings. The Balaban J connectivity index is 0.00000225. The normalized spacial score (nSPS) is 10.0. The second kappa shape index (κ2) is 6.14. The number of carbonyl (C=O) groups is 1. The number of benzene rings is 1. The molecule has 1 aromatic rings. The van der Waals surface area contributed by atoms with Crippen LogP contribution in [0.5, 0.6) is 0 Å². The number of halogens is 1. The van der Waals surface area contributed by atoms with Crippen molar-refractivity contribution in [3.05, 3.63) is 35.6 Å². The zero-order valence-corrected chi connectivity index (χ0v) is 8.63. The smallest absolute Gasteiger partial charge is 0.222 e. The first-order valence-corrected chi connectivity index (χ1v) is 4.73. The molecule has 0 aromatic heterocycles. The van der Waals surface area contributed by atoms with Crippen LogP contribution in [0.15, 0.2) is 24.3 Å². The lowest BCUT2D eigenvalue weighted by Crippen LogP contribution is -2.24. The standard InChI is InChI=1S/C11H14FNO2.H2/c1-15-7-6-11(14)13-8-9-4-2-3-5-10(9)12;/h2-5H,6-8H2,1H3,(H,13,14);1H. The Bertz CT molecular complexity index is 334. The largest absolute Gasteiger partial charge is 0.384 e. The van der Waals surface area contributed by atoms with Crippen LogP contribution in [0.3, 0.4) is 0 Å². The SMILES string of the molecule is COCCC(=O)NCc1ccccc1F.[HH]. The number of amides is 1. The maximum atomic E-state index is 13.1. The Morgan fingerprint density at radius 3 is 2.93 bits per heavy atom. The number of ether oxygens (including phenoxy) is 1. The van der Waals surface area contributed by atoms with Crippen molar-refractivity contribution in [2.24, 2.45) is 0 Å². The molecule has 0 unspecified atom stereocenters. The van der Waals surface area contributed by atoms with E-state index in [0.717, 1.165) is 0 Å². The summed E-state index contributed by atoms with van der Waals surface area (Å²) in [4.78, 5) is 11.2. The van der Waals surface area contributed by atoms with Gasteiger partial charge in [-0.1, -0.05) is 18.2 Å². The van der Waals surface area contributed by atoms with Gasteiger partial charge < -0.3 is 10.1 Å². The summed E-state index contributed by atoms with van der Waals surface area (Å²) in [5, 5.41) is 2.62. The number of carbonyl (C=O) groups excluding carboxylic acids is 1. The molecule has 1 amide bonds. The zero-order chi connectivity index (χ0) is 11.1. The maximum absolute atomic E-state index is 13.1. The molecule has 1 aromatic carbocycles. The van der Waals surface area contributed by atoms with Gasteiger partial charge in [0, 0.05) is 27.1 Å². The minimum atomic E-state index is -0.301. The Labute approximate surface area is 89.7 Å². The molecule has 4 heteroatoms. The summed E-state index contributed by atoms with van der Waals surface area (Å²) in [6.45, 7) is 0.596. The monoisotopic (exact) mass is 213 g/mol. The van der Waals surface area contributed by atoms with Crippen LogP contribution in [-0.4, -0.2) is 19.6 Å². The molecule has 0 aliphatic heterocycles. The predicted molar refractivity (Wildman–Crippen MR) is 56.9 cm³/mol. The first kappa shape index (κ1) is 11.7. The van der Waals surface area contributed by atoms with Gasteiger partial charge >= 0.3 is 0 Å². The van der Waals surface area contributed by atoms with Gasteiger partial charge in [0.05, 0.1) is 6.61 Å². The minimum absolute atomic E-state index is 0. The summed E-state index contributed by atoms with van der Waals surface area (Å²) in [7, 11) is 1.53. The molecule has 0 fully saturated rings. The molecule has 0 heterocycles. The van der Waals surface area contributed by atoms with E-state index >= 15 is 0 Å². The fraction of sp³-hybridized carbons (Fsp3) is 0.364. The highest BCUT2D eigenvalue weighted by Gasteiger charge is 2.03. The molecule has 1 rings (SSSR count). The molecule has 84 valence electrons. The molecule has 0 radical (unpaired) electrons. The Morgan fingerprint density at radius 2 is 2.27 bits per heavy atom. The van der Waals surface area contributed by atoms with Gasteiger partial charge in [0.25, 0.3) is 0 Å². The van der Waals surface area contributed by atoms with Gasteiger partial charge in [-0.05, 0) is 6.07 Å². The lowest BCUT2D eigenvalue weighted by Gasteiger charge is -2.05. The van der Waals surface area contributed by atoms with Crippen LogP contribution >= 0.6 is 0 Å². The summed E-state index contributed by atoms with van der Waals surface area (Å²) >= 11 is 0. The second-order valence-corrected chi connectivity index (χ2v) is 3.11. The highest BCUT2D eigenvalue weighted by atomic mass is 19.1. The van der Waals surface area contributed by atoms with Gasteiger partial charge in [-0.2, -0.15) is 0 Å².